The Hall–Kier alpha value is -1.61. The van der Waals surface area contributed by atoms with Crippen molar-refractivity contribution in [1.29, 1.82) is 0 Å². The Morgan fingerprint density at radius 3 is 2.60 bits per heavy atom. The van der Waals surface area contributed by atoms with Gasteiger partial charge < -0.3 is 14.2 Å². The van der Waals surface area contributed by atoms with Gasteiger partial charge in [0.05, 0.1) is 12.5 Å². The Morgan fingerprint density at radius 1 is 1.28 bits per heavy atom. The van der Waals surface area contributed by atoms with Gasteiger partial charge in [0, 0.05) is 13.3 Å². The second-order valence-electron chi connectivity index (χ2n) is 6.53. The summed E-state index contributed by atoms with van der Waals surface area (Å²) in [4.78, 5) is 23.2. The molecule has 3 aliphatic rings. The molecule has 9 heteroatoms. The van der Waals surface area contributed by atoms with Crippen molar-refractivity contribution in [3.63, 3.8) is 0 Å². The monoisotopic (exact) mass is 364 g/mol. The van der Waals surface area contributed by atoms with Gasteiger partial charge in [0.25, 0.3) is 0 Å². The van der Waals surface area contributed by atoms with E-state index in [0.29, 0.717) is 12.3 Å². The SMILES string of the molecule is CC(=O)OC1(C(F)(F)F)CCOC(COC(=O)C2CC3C=CC2C3)O1. The molecule has 25 heavy (non-hydrogen) atoms. The third-order valence-corrected chi connectivity index (χ3v) is 4.74. The molecule has 1 aliphatic heterocycles. The van der Waals surface area contributed by atoms with Crippen LogP contribution in [0.4, 0.5) is 13.2 Å². The number of hydrogen-bond donors (Lipinski definition) is 0. The van der Waals surface area contributed by atoms with Crippen LogP contribution in [0.15, 0.2) is 12.2 Å². The van der Waals surface area contributed by atoms with E-state index in [2.05, 4.69) is 10.8 Å². The zero-order chi connectivity index (χ0) is 18.2. The number of halogens is 3. The van der Waals surface area contributed by atoms with Crippen molar-refractivity contribution in [3.8, 4) is 0 Å². The summed E-state index contributed by atoms with van der Waals surface area (Å²) in [6.45, 7) is 0.0331. The number of carbonyl (C=O) groups excluding carboxylic acids is 2. The fourth-order valence-corrected chi connectivity index (χ4v) is 3.59. The van der Waals surface area contributed by atoms with Crippen molar-refractivity contribution < 1.29 is 41.7 Å². The Balaban J connectivity index is 1.58. The summed E-state index contributed by atoms with van der Waals surface area (Å²) in [6, 6.07) is 0. The standard InChI is InChI=1S/C16H19F3O6/c1-9(20)24-15(16(17,18)19)4-5-22-13(25-15)8-23-14(21)12-7-10-2-3-11(12)6-10/h2-3,10-13H,4-8H2,1H3. The highest BCUT2D eigenvalue weighted by molar-refractivity contribution is 5.74. The zero-order valence-corrected chi connectivity index (χ0v) is 13.6. The number of ether oxygens (including phenoxy) is 4. The van der Waals surface area contributed by atoms with E-state index >= 15 is 0 Å². The minimum atomic E-state index is -4.93. The number of hydrogen-bond acceptors (Lipinski definition) is 6. The second kappa shape index (κ2) is 6.60. The summed E-state index contributed by atoms with van der Waals surface area (Å²) in [5.74, 6) is -4.46. The second-order valence-corrected chi connectivity index (χ2v) is 6.53. The number of fused-ring (bicyclic) bond motifs is 2. The first-order chi connectivity index (χ1) is 11.7. The molecule has 1 saturated heterocycles. The lowest BCUT2D eigenvalue weighted by molar-refractivity contribution is -0.427. The third kappa shape index (κ3) is 3.67. The molecule has 3 rings (SSSR count). The van der Waals surface area contributed by atoms with Gasteiger partial charge in [-0.2, -0.15) is 13.2 Å². The molecule has 2 aliphatic carbocycles. The Morgan fingerprint density at radius 2 is 2.04 bits per heavy atom. The molecule has 2 fully saturated rings. The van der Waals surface area contributed by atoms with Crippen LogP contribution in [-0.2, 0) is 28.5 Å². The molecule has 0 radical (unpaired) electrons. The largest absolute Gasteiger partial charge is 0.460 e. The van der Waals surface area contributed by atoms with Gasteiger partial charge in [-0.3, -0.25) is 14.3 Å². The van der Waals surface area contributed by atoms with Crippen molar-refractivity contribution in [2.75, 3.05) is 13.2 Å². The van der Waals surface area contributed by atoms with Gasteiger partial charge in [-0.15, -0.1) is 0 Å². The number of allylic oxidation sites excluding steroid dienone is 2. The first-order valence-corrected chi connectivity index (χ1v) is 8.11. The van der Waals surface area contributed by atoms with Crippen LogP contribution in [0.25, 0.3) is 0 Å². The maximum Gasteiger partial charge on any atom is 0.455 e. The lowest BCUT2D eigenvalue weighted by Gasteiger charge is -2.40. The molecule has 6 nitrogen and oxygen atoms in total. The number of rotatable bonds is 4. The maximum absolute atomic E-state index is 13.3. The van der Waals surface area contributed by atoms with E-state index in [1.165, 1.54) is 0 Å². The van der Waals surface area contributed by atoms with Gasteiger partial charge in [0.2, 0.25) is 0 Å². The predicted octanol–water partition coefficient (Wildman–Crippen LogP) is 2.33. The van der Waals surface area contributed by atoms with Crippen molar-refractivity contribution in [1.82, 2.24) is 0 Å². The lowest BCUT2D eigenvalue weighted by Crippen LogP contribution is -2.57. The fourth-order valence-electron chi connectivity index (χ4n) is 3.59. The summed E-state index contributed by atoms with van der Waals surface area (Å²) in [5.41, 5.74) is 0. The summed E-state index contributed by atoms with van der Waals surface area (Å²) < 4.78 is 59.3. The van der Waals surface area contributed by atoms with Gasteiger partial charge in [-0.1, -0.05) is 12.2 Å². The summed E-state index contributed by atoms with van der Waals surface area (Å²) >= 11 is 0. The van der Waals surface area contributed by atoms with Gasteiger partial charge in [0.15, 0.2) is 6.29 Å². The van der Waals surface area contributed by atoms with E-state index in [4.69, 9.17) is 14.2 Å². The van der Waals surface area contributed by atoms with Crippen LogP contribution in [0.2, 0.25) is 0 Å². The molecule has 140 valence electrons. The van der Waals surface area contributed by atoms with Crippen molar-refractivity contribution in [2.24, 2.45) is 17.8 Å². The first-order valence-electron chi connectivity index (χ1n) is 8.11. The molecule has 0 aromatic rings. The van der Waals surface area contributed by atoms with Crippen LogP contribution in [-0.4, -0.2) is 43.4 Å². The van der Waals surface area contributed by atoms with E-state index in [1.807, 2.05) is 6.08 Å². The summed E-state index contributed by atoms with van der Waals surface area (Å²) in [7, 11) is 0. The molecule has 0 aromatic heterocycles. The molecule has 0 aromatic carbocycles. The number of esters is 2. The van der Waals surface area contributed by atoms with E-state index in [9.17, 15) is 22.8 Å². The summed E-state index contributed by atoms with van der Waals surface area (Å²) in [5, 5.41) is 0. The minimum absolute atomic E-state index is 0.126. The Bertz CT molecular complexity index is 575. The zero-order valence-electron chi connectivity index (χ0n) is 13.6. The van der Waals surface area contributed by atoms with Gasteiger partial charge >= 0.3 is 23.9 Å². The van der Waals surface area contributed by atoms with E-state index in [1.54, 1.807) is 0 Å². The molecule has 2 bridgehead atoms. The van der Waals surface area contributed by atoms with Crippen LogP contribution in [0.5, 0.6) is 0 Å². The first kappa shape index (κ1) is 18.2. The molecule has 0 N–H and O–H groups in total. The van der Waals surface area contributed by atoms with Gasteiger partial charge in [0.1, 0.15) is 6.61 Å². The van der Waals surface area contributed by atoms with Crippen LogP contribution in [0.1, 0.15) is 26.2 Å². The lowest BCUT2D eigenvalue weighted by atomic mass is 9.94. The smallest absolute Gasteiger partial charge is 0.455 e. The molecule has 1 saturated carbocycles. The Labute approximate surface area is 142 Å². The van der Waals surface area contributed by atoms with Crippen LogP contribution < -0.4 is 0 Å². The molecule has 5 unspecified atom stereocenters. The Kier molecular flexibility index (Phi) is 4.80. The highest BCUT2D eigenvalue weighted by Crippen LogP contribution is 2.44. The molecule has 0 amide bonds. The average molecular weight is 364 g/mol. The third-order valence-electron chi connectivity index (χ3n) is 4.74. The van der Waals surface area contributed by atoms with E-state index in [-0.39, 0.29) is 18.4 Å². The maximum atomic E-state index is 13.3. The molecular weight excluding hydrogens is 345 g/mol. The highest BCUT2D eigenvalue weighted by atomic mass is 19.4. The molecule has 1 heterocycles. The van der Waals surface area contributed by atoms with Gasteiger partial charge in [-0.25, -0.2) is 0 Å². The molecule has 0 spiro atoms. The van der Waals surface area contributed by atoms with E-state index in [0.717, 1.165) is 13.3 Å². The number of alkyl halides is 3. The number of carbonyl (C=O) groups is 2. The molecular formula is C16H19F3O6. The quantitative estimate of drug-likeness (QED) is 0.563. The fraction of sp³-hybridized carbons (Fsp3) is 0.750. The van der Waals surface area contributed by atoms with Gasteiger partial charge in [-0.05, 0) is 24.7 Å². The predicted molar refractivity (Wildman–Crippen MR) is 75.8 cm³/mol. The van der Waals surface area contributed by atoms with Crippen molar-refractivity contribution in [2.45, 2.75) is 44.4 Å². The highest BCUT2D eigenvalue weighted by Gasteiger charge is 2.62. The summed E-state index contributed by atoms with van der Waals surface area (Å²) in [6.07, 6.45) is -1.43. The van der Waals surface area contributed by atoms with Crippen LogP contribution >= 0.6 is 0 Å². The molecule has 5 atom stereocenters. The van der Waals surface area contributed by atoms with Crippen molar-refractivity contribution >= 4 is 11.9 Å². The topological polar surface area (TPSA) is 71.1 Å². The van der Waals surface area contributed by atoms with Crippen LogP contribution in [0.3, 0.4) is 0 Å². The van der Waals surface area contributed by atoms with Crippen LogP contribution in [0, 0.1) is 17.8 Å². The van der Waals surface area contributed by atoms with E-state index < -0.39 is 43.2 Å². The van der Waals surface area contributed by atoms with Crippen molar-refractivity contribution in [3.05, 3.63) is 12.2 Å². The average Bonchev–Trinajstić information content (AvgIpc) is 3.14. The minimum Gasteiger partial charge on any atom is -0.460 e. The normalized spacial score (nSPS) is 37.1.